The number of hydrogen-bond donors (Lipinski definition) is 3. The van der Waals surface area contributed by atoms with E-state index in [4.69, 9.17) is 5.73 Å². The van der Waals surface area contributed by atoms with Crippen molar-refractivity contribution in [3.63, 3.8) is 0 Å². The van der Waals surface area contributed by atoms with E-state index in [1.165, 1.54) is 10.9 Å². The number of hydrogen-bond acceptors (Lipinski definition) is 4. The topological polar surface area (TPSA) is 102 Å². The van der Waals surface area contributed by atoms with Crippen LogP contribution in [0.1, 0.15) is 15.9 Å². The van der Waals surface area contributed by atoms with Gasteiger partial charge in [0, 0.05) is 23.4 Å². The van der Waals surface area contributed by atoms with Gasteiger partial charge in [-0.2, -0.15) is 5.10 Å². The molecule has 0 bridgehead atoms. The Hall–Kier alpha value is -2.35. The van der Waals surface area contributed by atoms with Gasteiger partial charge in [0.1, 0.15) is 5.56 Å². The molecular weight excluding hydrogens is 350 g/mol. The molecule has 2 rings (SSSR count). The summed E-state index contributed by atoms with van der Waals surface area (Å²) < 4.78 is 2.40. The first-order chi connectivity index (χ1) is 10.4. The summed E-state index contributed by atoms with van der Waals surface area (Å²) in [6.45, 7) is 1.88. The van der Waals surface area contributed by atoms with Gasteiger partial charge < -0.3 is 16.4 Å². The molecule has 22 heavy (non-hydrogen) atoms. The number of carbonyl (C=O) groups is 2. The third kappa shape index (κ3) is 3.85. The number of rotatable bonds is 5. The highest BCUT2D eigenvalue weighted by Gasteiger charge is 2.13. The standard InChI is InChI=1S/C14H16BrN5O2/c1-8-5-9(15)3-4-11(8)18-12(21)6-17-14-10(13(16)22)7-20(2)19-14/h3-5,7H,6H2,1-2H3,(H2,16,22)(H,17,19)(H,18,21). The molecule has 0 aliphatic heterocycles. The van der Waals surface area contributed by atoms with E-state index >= 15 is 0 Å². The van der Waals surface area contributed by atoms with Crippen molar-refractivity contribution in [3.8, 4) is 0 Å². The van der Waals surface area contributed by atoms with E-state index < -0.39 is 5.91 Å². The smallest absolute Gasteiger partial charge is 0.254 e. The van der Waals surface area contributed by atoms with Crippen LogP contribution in [-0.2, 0) is 11.8 Å². The second-order valence-corrected chi connectivity index (χ2v) is 5.71. The van der Waals surface area contributed by atoms with E-state index in [1.54, 1.807) is 7.05 Å². The van der Waals surface area contributed by atoms with Gasteiger partial charge in [0.05, 0.1) is 6.54 Å². The number of aromatic nitrogens is 2. The van der Waals surface area contributed by atoms with Crippen LogP contribution >= 0.6 is 15.9 Å². The fourth-order valence-electron chi connectivity index (χ4n) is 1.93. The van der Waals surface area contributed by atoms with Crippen molar-refractivity contribution < 1.29 is 9.59 Å². The first kappa shape index (κ1) is 16.0. The lowest BCUT2D eigenvalue weighted by Crippen LogP contribution is -2.23. The highest BCUT2D eigenvalue weighted by atomic mass is 79.9. The molecule has 0 radical (unpaired) electrons. The molecule has 1 heterocycles. The van der Waals surface area contributed by atoms with Gasteiger partial charge in [-0.25, -0.2) is 0 Å². The average Bonchev–Trinajstić information content (AvgIpc) is 2.81. The Morgan fingerprint density at radius 2 is 2.14 bits per heavy atom. The number of halogens is 1. The molecule has 0 spiro atoms. The van der Waals surface area contributed by atoms with Crippen LogP contribution in [0.15, 0.2) is 28.9 Å². The number of carbonyl (C=O) groups excluding carboxylic acids is 2. The maximum Gasteiger partial charge on any atom is 0.254 e. The van der Waals surface area contributed by atoms with Crippen molar-refractivity contribution in [3.05, 3.63) is 40.0 Å². The van der Waals surface area contributed by atoms with Crippen molar-refractivity contribution in [2.75, 3.05) is 17.2 Å². The van der Waals surface area contributed by atoms with Gasteiger partial charge in [-0.3, -0.25) is 14.3 Å². The zero-order valence-electron chi connectivity index (χ0n) is 12.2. The van der Waals surface area contributed by atoms with Crippen molar-refractivity contribution in [1.29, 1.82) is 0 Å². The van der Waals surface area contributed by atoms with E-state index in [2.05, 4.69) is 31.7 Å². The Balaban J connectivity index is 2.00. The highest BCUT2D eigenvalue weighted by molar-refractivity contribution is 9.10. The van der Waals surface area contributed by atoms with E-state index in [9.17, 15) is 9.59 Å². The lowest BCUT2D eigenvalue weighted by Gasteiger charge is -2.09. The average molecular weight is 366 g/mol. The van der Waals surface area contributed by atoms with Crippen molar-refractivity contribution in [2.45, 2.75) is 6.92 Å². The molecule has 2 amide bonds. The number of aryl methyl sites for hydroxylation is 2. The summed E-state index contributed by atoms with van der Waals surface area (Å²) in [7, 11) is 1.67. The first-order valence-corrected chi connectivity index (χ1v) is 7.29. The molecule has 0 saturated carbocycles. The summed E-state index contributed by atoms with van der Waals surface area (Å²) in [5.74, 6) is -0.552. The molecule has 1 aromatic carbocycles. The zero-order chi connectivity index (χ0) is 16.3. The van der Waals surface area contributed by atoms with Crippen molar-refractivity contribution >= 4 is 39.2 Å². The number of benzene rings is 1. The Bertz CT molecular complexity index is 726. The van der Waals surface area contributed by atoms with Crippen LogP contribution in [0.5, 0.6) is 0 Å². The van der Waals surface area contributed by atoms with Crippen LogP contribution in [-0.4, -0.2) is 28.1 Å². The summed E-state index contributed by atoms with van der Waals surface area (Å²) in [6, 6.07) is 5.57. The summed E-state index contributed by atoms with van der Waals surface area (Å²) in [6.07, 6.45) is 1.50. The minimum atomic E-state index is -0.597. The van der Waals surface area contributed by atoms with Crippen molar-refractivity contribution in [1.82, 2.24) is 9.78 Å². The van der Waals surface area contributed by atoms with Gasteiger partial charge in [-0.1, -0.05) is 15.9 Å². The van der Waals surface area contributed by atoms with Gasteiger partial charge in [0.2, 0.25) is 5.91 Å². The zero-order valence-corrected chi connectivity index (χ0v) is 13.8. The summed E-state index contributed by atoms with van der Waals surface area (Å²) in [5.41, 5.74) is 7.17. The number of nitrogens with one attached hydrogen (secondary N) is 2. The van der Waals surface area contributed by atoms with Gasteiger partial charge in [-0.05, 0) is 30.7 Å². The normalized spacial score (nSPS) is 10.3. The fourth-order valence-corrected chi connectivity index (χ4v) is 2.40. The number of anilines is 2. The molecule has 7 nitrogen and oxygen atoms in total. The Morgan fingerprint density at radius 1 is 1.41 bits per heavy atom. The molecule has 2 aromatic rings. The fraction of sp³-hybridized carbons (Fsp3) is 0.214. The summed E-state index contributed by atoms with van der Waals surface area (Å²) in [5, 5.41) is 9.66. The molecule has 0 aliphatic carbocycles. The van der Waals surface area contributed by atoms with Crippen LogP contribution < -0.4 is 16.4 Å². The molecule has 0 unspecified atom stereocenters. The van der Waals surface area contributed by atoms with Crippen LogP contribution in [0.3, 0.4) is 0 Å². The van der Waals surface area contributed by atoms with Gasteiger partial charge in [0.25, 0.3) is 5.91 Å². The van der Waals surface area contributed by atoms with Crippen LogP contribution in [0.4, 0.5) is 11.5 Å². The second kappa shape index (κ2) is 6.61. The maximum absolute atomic E-state index is 12.0. The summed E-state index contributed by atoms with van der Waals surface area (Å²) in [4.78, 5) is 23.2. The molecule has 0 aliphatic rings. The van der Waals surface area contributed by atoms with E-state index in [0.717, 1.165) is 15.7 Å². The number of amides is 2. The van der Waals surface area contributed by atoms with Gasteiger partial charge in [-0.15, -0.1) is 0 Å². The highest BCUT2D eigenvalue weighted by Crippen LogP contribution is 2.20. The quantitative estimate of drug-likeness (QED) is 0.749. The number of nitrogens with two attached hydrogens (primary N) is 1. The minimum absolute atomic E-state index is 0.0210. The van der Waals surface area contributed by atoms with Crippen molar-refractivity contribution in [2.24, 2.45) is 12.8 Å². The maximum atomic E-state index is 12.0. The van der Waals surface area contributed by atoms with E-state index in [1.807, 2.05) is 25.1 Å². The predicted molar refractivity (Wildman–Crippen MR) is 87.7 cm³/mol. The van der Waals surface area contributed by atoms with E-state index in [-0.39, 0.29) is 23.8 Å². The lowest BCUT2D eigenvalue weighted by atomic mass is 10.2. The van der Waals surface area contributed by atoms with Crippen LogP contribution in [0.2, 0.25) is 0 Å². The largest absolute Gasteiger partial charge is 0.365 e. The second-order valence-electron chi connectivity index (χ2n) is 4.79. The molecule has 0 atom stereocenters. The Morgan fingerprint density at radius 3 is 2.77 bits per heavy atom. The molecule has 116 valence electrons. The third-order valence-electron chi connectivity index (χ3n) is 2.97. The number of primary amides is 1. The Labute approximate surface area is 136 Å². The molecule has 4 N–H and O–H groups in total. The first-order valence-electron chi connectivity index (χ1n) is 6.50. The van der Waals surface area contributed by atoms with Gasteiger partial charge >= 0.3 is 0 Å². The van der Waals surface area contributed by atoms with Crippen LogP contribution in [0.25, 0.3) is 0 Å². The number of nitrogens with zero attached hydrogens (tertiary/aromatic N) is 2. The predicted octanol–water partition coefficient (Wildman–Crippen LogP) is 1.64. The molecule has 1 aromatic heterocycles. The monoisotopic (exact) mass is 365 g/mol. The molecule has 0 fully saturated rings. The third-order valence-corrected chi connectivity index (χ3v) is 3.47. The summed E-state index contributed by atoms with van der Waals surface area (Å²) >= 11 is 3.37. The van der Waals surface area contributed by atoms with Gasteiger partial charge in [0.15, 0.2) is 5.82 Å². The van der Waals surface area contributed by atoms with E-state index in [0.29, 0.717) is 0 Å². The minimum Gasteiger partial charge on any atom is -0.365 e. The molecule has 0 saturated heterocycles. The SMILES string of the molecule is Cc1cc(Br)ccc1NC(=O)CNc1nn(C)cc1C(N)=O. The molecule has 8 heteroatoms. The van der Waals surface area contributed by atoms with Crippen LogP contribution in [0, 0.1) is 6.92 Å². The Kier molecular flexibility index (Phi) is 4.81. The lowest BCUT2D eigenvalue weighted by molar-refractivity contribution is -0.114. The molecular formula is C14H16BrN5O2.